The van der Waals surface area contributed by atoms with Crippen molar-refractivity contribution in [1.29, 1.82) is 5.26 Å². The Morgan fingerprint density at radius 2 is 1.97 bits per heavy atom. The van der Waals surface area contributed by atoms with E-state index < -0.39 is 6.10 Å². The van der Waals surface area contributed by atoms with Crippen LogP contribution in [0.3, 0.4) is 0 Å². The fourth-order valence-electron chi connectivity index (χ4n) is 3.64. The highest BCUT2D eigenvalue weighted by Gasteiger charge is 2.26. The number of nitrogens with one attached hydrogen (secondary N) is 1. The molecular weight excluding hydrogens is 366 g/mol. The molecule has 4 rings (SSSR count). The summed E-state index contributed by atoms with van der Waals surface area (Å²) in [5.41, 5.74) is 2.57. The van der Waals surface area contributed by atoms with Gasteiger partial charge in [-0.2, -0.15) is 5.26 Å². The molecule has 2 aliphatic carbocycles. The Morgan fingerprint density at radius 1 is 1.21 bits per heavy atom. The Bertz CT molecular complexity index is 916. The number of nitrogens with zero attached hydrogens (tertiary/aromatic N) is 2. The van der Waals surface area contributed by atoms with Gasteiger partial charge in [0.25, 0.3) is 5.91 Å². The molecule has 1 heterocycles. The van der Waals surface area contributed by atoms with Gasteiger partial charge in [0.1, 0.15) is 0 Å². The van der Waals surface area contributed by atoms with Crippen molar-refractivity contribution < 1.29 is 14.6 Å². The molecule has 29 heavy (non-hydrogen) atoms. The van der Waals surface area contributed by atoms with Crippen LogP contribution in [-0.4, -0.2) is 34.8 Å². The van der Waals surface area contributed by atoms with Crippen molar-refractivity contribution in [3.8, 4) is 23.1 Å². The predicted octanol–water partition coefficient (Wildman–Crippen LogP) is 3.44. The number of carbonyl (C=O) groups is 1. The molecule has 0 bridgehead atoms. The van der Waals surface area contributed by atoms with E-state index in [-0.39, 0.29) is 11.9 Å². The number of aliphatic hydroxyl groups is 1. The van der Waals surface area contributed by atoms with Gasteiger partial charge in [0.15, 0.2) is 0 Å². The van der Waals surface area contributed by atoms with Crippen molar-refractivity contribution in [2.24, 2.45) is 5.92 Å². The molecule has 2 atom stereocenters. The molecule has 1 aromatic heterocycles. The van der Waals surface area contributed by atoms with Crippen LogP contribution >= 0.6 is 0 Å². The SMILES string of the molecule is N#Cc1ccc(-c2cc(C(=O)NC3CCCCC3O)cnc2OCC2CC2)cc1. The van der Waals surface area contributed by atoms with Crippen LogP contribution in [-0.2, 0) is 0 Å². The minimum Gasteiger partial charge on any atom is -0.477 e. The fourth-order valence-corrected chi connectivity index (χ4v) is 3.64. The van der Waals surface area contributed by atoms with E-state index in [0.717, 1.165) is 30.4 Å². The van der Waals surface area contributed by atoms with Crippen LogP contribution < -0.4 is 10.1 Å². The van der Waals surface area contributed by atoms with E-state index in [2.05, 4.69) is 16.4 Å². The highest BCUT2D eigenvalue weighted by Crippen LogP contribution is 2.33. The zero-order chi connectivity index (χ0) is 20.2. The second kappa shape index (κ2) is 8.62. The Labute approximate surface area is 170 Å². The number of pyridine rings is 1. The van der Waals surface area contributed by atoms with Crippen LogP contribution in [0.25, 0.3) is 11.1 Å². The standard InChI is InChI=1S/C23H25N3O3/c24-12-15-7-9-17(10-8-15)19-11-18(13-25-23(19)29-14-16-5-6-16)22(28)26-20-3-1-2-4-21(20)27/h7-11,13,16,20-21,27H,1-6,14H2,(H,26,28). The van der Waals surface area contributed by atoms with E-state index in [1.54, 1.807) is 18.2 Å². The minimum atomic E-state index is -0.500. The summed E-state index contributed by atoms with van der Waals surface area (Å²) in [7, 11) is 0. The molecule has 0 spiro atoms. The molecule has 1 aromatic carbocycles. The highest BCUT2D eigenvalue weighted by atomic mass is 16.5. The van der Waals surface area contributed by atoms with Gasteiger partial charge in [0, 0.05) is 11.8 Å². The highest BCUT2D eigenvalue weighted by molar-refractivity contribution is 5.95. The van der Waals surface area contributed by atoms with Gasteiger partial charge >= 0.3 is 0 Å². The van der Waals surface area contributed by atoms with Gasteiger partial charge in [-0.25, -0.2) is 4.98 Å². The normalized spacial score (nSPS) is 21.2. The molecule has 2 fully saturated rings. The van der Waals surface area contributed by atoms with E-state index in [1.165, 1.54) is 19.0 Å². The lowest BCUT2D eigenvalue weighted by Gasteiger charge is -2.28. The molecule has 6 heteroatoms. The lowest BCUT2D eigenvalue weighted by atomic mass is 9.92. The summed E-state index contributed by atoms with van der Waals surface area (Å²) in [5, 5.41) is 22.1. The fraction of sp³-hybridized carbons (Fsp3) is 0.435. The number of hydrogen-bond acceptors (Lipinski definition) is 5. The third kappa shape index (κ3) is 4.75. The Kier molecular flexibility index (Phi) is 5.77. The molecule has 6 nitrogen and oxygen atoms in total. The zero-order valence-electron chi connectivity index (χ0n) is 16.3. The Hall–Kier alpha value is -2.91. The van der Waals surface area contributed by atoms with E-state index in [9.17, 15) is 9.90 Å². The first-order valence-corrected chi connectivity index (χ1v) is 10.3. The number of nitriles is 1. The average Bonchev–Trinajstić information content (AvgIpc) is 3.58. The summed E-state index contributed by atoms with van der Waals surface area (Å²) in [6.07, 6.45) is 6.88. The van der Waals surface area contributed by atoms with Gasteiger partial charge in [-0.05, 0) is 55.4 Å². The van der Waals surface area contributed by atoms with Crippen molar-refractivity contribution in [3.05, 3.63) is 47.7 Å². The van der Waals surface area contributed by atoms with Crippen LogP contribution in [0.5, 0.6) is 5.88 Å². The Morgan fingerprint density at radius 3 is 2.66 bits per heavy atom. The first-order chi connectivity index (χ1) is 14.1. The second-order valence-electron chi connectivity index (χ2n) is 7.95. The second-order valence-corrected chi connectivity index (χ2v) is 7.95. The largest absolute Gasteiger partial charge is 0.477 e. The maximum atomic E-state index is 12.8. The summed E-state index contributed by atoms with van der Waals surface area (Å²) in [4.78, 5) is 17.2. The maximum absolute atomic E-state index is 12.8. The topological polar surface area (TPSA) is 95.2 Å². The van der Waals surface area contributed by atoms with Crippen LogP contribution in [0.2, 0.25) is 0 Å². The van der Waals surface area contributed by atoms with Crippen molar-refractivity contribution in [1.82, 2.24) is 10.3 Å². The maximum Gasteiger partial charge on any atom is 0.253 e. The van der Waals surface area contributed by atoms with E-state index in [4.69, 9.17) is 10.00 Å². The molecule has 2 N–H and O–H groups in total. The smallest absolute Gasteiger partial charge is 0.253 e. The lowest BCUT2D eigenvalue weighted by Crippen LogP contribution is -2.45. The molecule has 1 amide bonds. The van der Waals surface area contributed by atoms with Crippen LogP contribution in [0.4, 0.5) is 0 Å². The molecule has 0 radical (unpaired) electrons. The monoisotopic (exact) mass is 391 g/mol. The van der Waals surface area contributed by atoms with Crippen LogP contribution in [0.15, 0.2) is 36.5 Å². The van der Waals surface area contributed by atoms with Crippen molar-refractivity contribution in [2.45, 2.75) is 50.7 Å². The van der Waals surface area contributed by atoms with Crippen LogP contribution in [0, 0.1) is 17.2 Å². The first-order valence-electron chi connectivity index (χ1n) is 10.3. The summed E-state index contributed by atoms with van der Waals surface area (Å²) < 4.78 is 5.93. The van der Waals surface area contributed by atoms with Crippen LogP contribution in [0.1, 0.15) is 54.4 Å². The number of amides is 1. The molecule has 0 saturated heterocycles. The summed E-state index contributed by atoms with van der Waals surface area (Å²) in [5.74, 6) is 0.837. The first kappa shape index (κ1) is 19.4. The number of rotatable bonds is 6. The minimum absolute atomic E-state index is 0.222. The van der Waals surface area contributed by atoms with Gasteiger partial charge in [-0.1, -0.05) is 25.0 Å². The molecule has 2 aromatic rings. The number of aromatic nitrogens is 1. The molecular formula is C23H25N3O3. The number of carbonyl (C=O) groups excluding carboxylic acids is 1. The Balaban J connectivity index is 1.59. The number of ether oxygens (including phenoxy) is 1. The molecule has 2 unspecified atom stereocenters. The van der Waals surface area contributed by atoms with E-state index >= 15 is 0 Å². The summed E-state index contributed by atoms with van der Waals surface area (Å²) in [6, 6.07) is 10.8. The predicted molar refractivity (Wildman–Crippen MR) is 108 cm³/mol. The molecule has 0 aliphatic heterocycles. The van der Waals surface area contributed by atoms with Crippen molar-refractivity contribution in [3.63, 3.8) is 0 Å². The van der Waals surface area contributed by atoms with Crippen molar-refractivity contribution in [2.75, 3.05) is 6.61 Å². The van der Waals surface area contributed by atoms with E-state index in [1.807, 2.05) is 12.1 Å². The van der Waals surface area contributed by atoms with Gasteiger partial charge in [0.2, 0.25) is 5.88 Å². The molecule has 150 valence electrons. The quantitative estimate of drug-likeness (QED) is 0.786. The van der Waals surface area contributed by atoms with Gasteiger partial charge in [-0.3, -0.25) is 4.79 Å². The van der Waals surface area contributed by atoms with Gasteiger partial charge in [-0.15, -0.1) is 0 Å². The van der Waals surface area contributed by atoms with Crippen molar-refractivity contribution >= 4 is 5.91 Å². The zero-order valence-corrected chi connectivity index (χ0v) is 16.3. The molecule has 2 saturated carbocycles. The summed E-state index contributed by atoms with van der Waals surface area (Å²) >= 11 is 0. The number of hydrogen-bond donors (Lipinski definition) is 2. The number of benzene rings is 1. The summed E-state index contributed by atoms with van der Waals surface area (Å²) in [6.45, 7) is 0.621. The third-order valence-electron chi connectivity index (χ3n) is 5.64. The van der Waals surface area contributed by atoms with Gasteiger partial charge < -0.3 is 15.2 Å². The molecule has 2 aliphatic rings. The lowest BCUT2D eigenvalue weighted by molar-refractivity contribution is 0.0717. The van der Waals surface area contributed by atoms with Gasteiger partial charge in [0.05, 0.1) is 35.9 Å². The van der Waals surface area contributed by atoms with E-state index in [0.29, 0.717) is 36.0 Å². The number of aliphatic hydroxyl groups excluding tert-OH is 1. The third-order valence-corrected chi connectivity index (χ3v) is 5.64. The average molecular weight is 391 g/mol.